The molecule has 0 spiro atoms. The molecule has 0 aliphatic heterocycles. The van der Waals surface area contributed by atoms with Crippen LogP contribution in [-0.4, -0.2) is 64.1 Å². The molecule has 0 aliphatic rings. The van der Waals surface area contributed by atoms with Gasteiger partial charge >= 0.3 is 0 Å². The topological polar surface area (TPSA) is 71.0 Å². The van der Waals surface area contributed by atoms with Gasteiger partial charge in [-0.2, -0.15) is 0 Å². The van der Waals surface area contributed by atoms with Crippen LogP contribution in [0.25, 0.3) is 0 Å². The SMILES string of the molecule is CCNC(=NCCS(=O)(=O)CC)N(C)CCOc1ccc(Cl)cc1. The summed E-state index contributed by atoms with van der Waals surface area (Å²) in [5.41, 5.74) is 0. The number of hydrogen-bond donors (Lipinski definition) is 1. The normalized spacial score (nSPS) is 12.1. The van der Waals surface area contributed by atoms with Gasteiger partial charge in [0.15, 0.2) is 15.8 Å². The van der Waals surface area contributed by atoms with E-state index in [9.17, 15) is 8.42 Å². The van der Waals surface area contributed by atoms with Crippen molar-refractivity contribution in [2.24, 2.45) is 4.99 Å². The molecule has 0 amide bonds. The van der Waals surface area contributed by atoms with Crippen LogP contribution in [0.5, 0.6) is 5.75 Å². The minimum Gasteiger partial charge on any atom is -0.492 e. The van der Waals surface area contributed by atoms with E-state index >= 15 is 0 Å². The predicted molar refractivity (Wildman–Crippen MR) is 99.9 cm³/mol. The fourth-order valence-electron chi connectivity index (χ4n) is 1.84. The average Bonchev–Trinajstić information content (AvgIpc) is 2.55. The highest BCUT2D eigenvalue weighted by molar-refractivity contribution is 7.91. The molecule has 0 saturated heterocycles. The zero-order chi connectivity index (χ0) is 18.0. The lowest BCUT2D eigenvalue weighted by molar-refractivity contribution is 0.281. The molecule has 1 N–H and O–H groups in total. The van der Waals surface area contributed by atoms with Crippen LogP contribution >= 0.6 is 11.6 Å². The highest BCUT2D eigenvalue weighted by atomic mass is 35.5. The summed E-state index contributed by atoms with van der Waals surface area (Å²) in [5.74, 6) is 1.63. The molecule has 0 saturated carbocycles. The van der Waals surface area contributed by atoms with Crippen molar-refractivity contribution >= 4 is 27.4 Å². The molecule has 0 unspecified atom stereocenters. The first-order valence-corrected chi connectivity index (χ1v) is 10.2. The second-order valence-corrected chi connectivity index (χ2v) is 8.11. The third-order valence-electron chi connectivity index (χ3n) is 3.31. The summed E-state index contributed by atoms with van der Waals surface area (Å²) in [6, 6.07) is 7.19. The van der Waals surface area contributed by atoms with Crippen molar-refractivity contribution in [1.29, 1.82) is 0 Å². The van der Waals surface area contributed by atoms with Crippen molar-refractivity contribution in [1.82, 2.24) is 10.2 Å². The van der Waals surface area contributed by atoms with Gasteiger partial charge in [0, 0.05) is 24.4 Å². The quantitative estimate of drug-likeness (QED) is 0.528. The van der Waals surface area contributed by atoms with E-state index in [2.05, 4.69) is 10.3 Å². The molecule has 0 bridgehead atoms. The smallest absolute Gasteiger partial charge is 0.193 e. The van der Waals surface area contributed by atoms with E-state index in [4.69, 9.17) is 16.3 Å². The molecule has 24 heavy (non-hydrogen) atoms. The number of sulfone groups is 1. The van der Waals surface area contributed by atoms with Crippen molar-refractivity contribution in [3.63, 3.8) is 0 Å². The maximum absolute atomic E-state index is 11.5. The molecule has 0 aliphatic carbocycles. The highest BCUT2D eigenvalue weighted by Gasteiger charge is 2.09. The largest absolute Gasteiger partial charge is 0.492 e. The third-order valence-corrected chi connectivity index (χ3v) is 5.25. The summed E-state index contributed by atoms with van der Waals surface area (Å²) in [6.07, 6.45) is 0. The summed E-state index contributed by atoms with van der Waals surface area (Å²) < 4.78 is 28.7. The van der Waals surface area contributed by atoms with Crippen LogP contribution < -0.4 is 10.1 Å². The monoisotopic (exact) mass is 375 g/mol. The number of guanidine groups is 1. The van der Waals surface area contributed by atoms with Crippen molar-refractivity contribution in [2.75, 3.05) is 44.8 Å². The first kappa shape index (κ1) is 20.6. The van der Waals surface area contributed by atoms with Crippen molar-refractivity contribution in [2.45, 2.75) is 13.8 Å². The summed E-state index contributed by atoms with van der Waals surface area (Å²) in [6.45, 7) is 5.67. The van der Waals surface area contributed by atoms with Gasteiger partial charge in [-0.25, -0.2) is 8.42 Å². The molecule has 136 valence electrons. The van der Waals surface area contributed by atoms with Crippen molar-refractivity contribution < 1.29 is 13.2 Å². The fraction of sp³-hybridized carbons (Fsp3) is 0.562. The zero-order valence-electron chi connectivity index (χ0n) is 14.5. The minimum absolute atomic E-state index is 0.0630. The Balaban J connectivity index is 2.49. The predicted octanol–water partition coefficient (Wildman–Crippen LogP) is 2.05. The lowest BCUT2D eigenvalue weighted by Crippen LogP contribution is -2.41. The summed E-state index contributed by atoms with van der Waals surface area (Å²) >= 11 is 5.83. The van der Waals surface area contributed by atoms with E-state index in [0.29, 0.717) is 30.7 Å². The Bertz CT molecular complexity index is 618. The van der Waals surface area contributed by atoms with Crippen molar-refractivity contribution in [3.8, 4) is 5.75 Å². The number of likely N-dealkylation sites (N-methyl/N-ethyl adjacent to an activating group) is 1. The molecule has 8 heteroatoms. The molecule has 1 rings (SSSR count). The lowest BCUT2D eigenvalue weighted by Gasteiger charge is -2.22. The Morgan fingerprint density at radius 2 is 1.96 bits per heavy atom. The Morgan fingerprint density at radius 3 is 2.54 bits per heavy atom. The number of aliphatic imine (C=N–C) groups is 1. The molecular formula is C16H26ClN3O3S. The van der Waals surface area contributed by atoms with E-state index in [0.717, 1.165) is 5.75 Å². The Morgan fingerprint density at radius 1 is 1.29 bits per heavy atom. The molecule has 1 aromatic rings. The van der Waals surface area contributed by atoms with Gasteiger partial charge in [0.05, 0.1) is 18.8 Å². The van der Waals surface area contributed by atoms with Crippen molar-refractivity contribution in [3.05, 3.63) is 29.3 Å². The first-order valence-electron chi connectivity index (χ1n) is 7.96. The van der Waals surface area contributed by atoms with Gasteiger partial charge in [-0.1, -0.05) is 18.5 Å². The van der Waals surface area contributed by atoms with Gasteiger partial charge < -0.3 is 15.0 Å². The molecule has 0 aromatic heterocycles. The maximum Gasteiger partial charge on any atom is 0.193 e. The number of ether oxygens (including phenoxy) is 1. The Labute approximate surface area is 149 Å². The third kappa shape index (κ3) is 7.88. The molecule has 0 fully saturated rings. The van der Waals surface area contributed by atoms with E-state index in [1.807, 2.05) is 31.0 Å². The molecular weight excluding hydrogens is 350 g/mol. The summed E-state index contributed by atoms with van der Waals surface area (Å²) in [4.78, 5) is 6.28. The second kappa shape index (κ2) is 10.4. The van der Waals surface area contributed by atoms with Gasteiger partial charge in [0.25, 0.3) is 0 Å². The van der Waals surface area contributed by atoms with E-state index in [1.165, 1.54) is 0 Å². The average molecular weight is 376 g/mol. The van der Waals surface area contributed by atoms with Gasteiger partial charge in [0.2, 0.25) is 0 Å². The van der Waals surface area contributed by atoms with Crippen LogP contribution in [0.15, 0.2) is 29.3 Å². The van der Waals surface area contributed by atoms with Crippen LogP contribution in [0.1, 0.15) is 13.8 Å². The van der Waals surface area contributed by atoms with Gasteiger partial charge in [-0.15, -0.1) is 0 Å². The maximum atomic E-state index is 11.5. The highest BCUT2D eigenvalue weighted by Crippen LogP contribution is 2.15. The van der Waals surface area contributed by atoms with Crippen LogP contribution in [-0.2, 0) is 9.84 Å². The number of halogens is 1. The Kier molecular flexibility index (Phi) is 8.92. The standard InChI is InChI=1S/C16H26ClN3O3S/c1-4-18-16(19-10-13-24(21,22)5-2)20(3)11-12-23-15-8-6-14(17)7-9-15/h6-9H,4-5,10-13H2,1-3H3,(H,18,19). The number of benzene rings is 1. The van der Waals surface area contributed by atoms with Crippen LogP contribution in [0.3, 0.4) is 0 Å². The van der Waals surface area contributed by atoms with E-state index in [1.54, 1.807) is 19.1 Å². The fourth-order valence-corrected chi connectivity index (χ4v) is 2.63. The van der Waals surface area contributed by atoms with Crippen LogP contribution in [0.2, 0.25) is 5.02 Å². The molecule has 1 aromatic carbocycles. The van der Waals surface area contributed by atoms with E-state index in [-0.39, 0.29) is 18.1 Å². The zero-order valence-corrected chi connectivity index (χ0v) is 16.0. The number of nitrogens with one attached hydrogen (secondary N) is 1. The molecule has 0 radical (unpaired) electrons. The Hall–Kier alpha value is -1.47. The second-order valence-electron chi connectivity index (χ2n) is 5.20. The van der Waals surface area contributed by atoms with Crippen LogP contribution in [0, 0.1) is 0 Å². The molecule has 6 nitrogen and oxygen atoms in total. The summed E-state index contributed by atoms with van der Waals surface area (Å²) in [7, 11) is -1.11. The lowest BCUT2D eigenvalue weighted by atomic mass is 10.3. The number of rotatable bonds is 9. The van der Waals surface area contributed by atoms with Gasteiger partial charge in [-0.05, 0) is 31.2 Å². The van der Waals surface area contributed by atoms with Gasteiger partial charge in [-0.3, -0.25) is 4.99 Å². The number of nitrogens with zero attached hydrogens (tertiary/aromatic N) is 2. The summed E-state index contributed by atoms with van der Waals surface area (Å²) in [5, 5.41) is 3.82. The number of hydrogen-bond acceptors (Lipinski definition) is 4. The molecule has 0 atom stereocenters. The minimum atomic E-state index is -3.00. The first-order chi connectivity index (χ1) is 11.4. The van der Waals surface area contributed by atoms with E-state index < -0.39 is 9.84 Å². The van der Waals surface area contributed by atoms with Gasteiger partial charge in [0.1, 0.15) is 12.4 Å². The molecule has 0 heterocycles. The van der Waals surface area contributed by atoms with Crippen LogP contribution in [0.4, 0.5) is 0 Å².